The Bertz CT molecular complexity index is 512. The van der Waals surface area contributed by atoms with Crippen molar-refractivity contribution in [2.24, 2.45) is 29.1 Å². The largest absolute Gasteiger partial charge is 0.481 e. The van der Waals surface area contributed by atoms with E-state index in [0.717, 1.165) is 25.0 Å². The van der Waals surface area contributed by atoms with Crippen molar-refractivity contribution in [2.75, 3.05) is 0 Å². The van der Waals surface area contributed by atoms with Crippen LogP contribution in [0.5, 0.6) is 0 Å². The molecule has 1 aliphatic heterocycles. The molecular weight excluding hydrogens is 278 g/mol. The summed E-state index contributed by atoms with van der Waals surface area (Å²) in [6, 6.07) is 0. The summed E-state index contributed by atoms with van der Waals surface area (Å²) in [4.78, 5) is 22.5. The van der Waals surface area contributed by atoms with E-state index in [0.29, 0.717) is 30.1 Å². The van der Waals surface area contributed by atoms with E-state index in [4.69, 9.17) is 5.11 Å². The van der Waals surface area contributed by atoms with Crippen LogP contribution < -0.4 is 5.32 Å². The summed E-state index contributed by atoms with van der Waals surface area (Å²) in [6.45, 7) is 4.62. The molecule has 3 rings (SSSR count). The Morgan fingerprint density at radius 1 is 1.45 bits per heavy atom. The van der Waals surface area contributed by atoms with E-state index >= 15 is 0 Å². The topological polar surface area (TPSA) is 66.4 Å². The normalized spacial score (nSPS) is 38.5. The van der Waals surface area contributed by atoms with Crippen LogP contribution in [0.4, 0.5) is 0 Å². The van der Waals surface area contributed by atoms with Crippen LogP contribution in [-0.4, -0.2) is 17.0 Å². The monoisotopic (exact) mass is 305 g/mol. The first-order valence-electron chi connectivity index (χ1n) is 8.63. The Morgan fingerprint density at radius 2 is 2.23 bits per heavy atom. The number of carbonyl (C=O) groups excluding carboxylic acids is 1. The van der Waals surface area contributed by atoms with Crippen LogP contribution in [0, 0.1) is 29.1 Å². The number of piperidine rings is 1. The second-order valence-electron chi connectivity index (χ2n) is 7.76. The highest BCUT2D eigenvalue weighted by atomic mass is 16.4. The Hall–Kier alpha value is -1.32. The van der Waals surface area contributed by atoms with Gasteiger partial charge in [0.05, 0.1) is 0 Å². The second-order valence-corrected chi connectivity index (χ2v) is 7.76. The van der Waals surface area contributed by atoms with Crippen LogP contribution in [0.25, 0.3) is 0 Å². The van der Waals surface area contributed by atoms with Gasteiger partial charge in [0.2, 0.25) is 5.91 Å². The molecule has 0 radical (unpaired) electrons. The summed E-state index contributed by atoms with van der Waals surface area (Å²) in [7, 11) is 0. The van der Waals surface area contributed by atoms with Crippen molar-refractivity contribution in [3.8, 4) is 0 Å². The summed E-state index contributed by atoms with van der Waals surface area (Å²) in [5.41, 5.74) is 1.44. The molecule has 22 heavy (non-hydrogen) atoms. The van der Waals surface area contributed by atoms with Crippen molar-refractivity contribution in [2.45, 2.75) is 58.8 Å². The van der Waals surface area contributed by atoms with Crippen LogP contribution >= 0.6 is 0 Å². The lowest BCUT2D eigenvalue weighted by Gasteiger charge is -2.47. The van der Waals surface area contributed by atoms with Crippen molar-refractivity contribution in [3.05, 3.63) is 11.8 Å². The quantitative estimate of drug-likeness (QED) is 0.837. The van der Waals surface area contributed by atoms with Crippen LogP contribution in [0.15, 0.2) is 11.8 Å². The molecule has 1 saturated heterocycles. The Kier molecular flexibility index (Phi) is 4.04. The molecule has 0 aromatic rings. The number of hydrogen-bond acceptors (Lipinski definition) is 2. The number of amides is 1. The van der Waals surface area contributed by atoms with Crippen molar-refractivity contribution < 1.29 is 14.7 Å². The lowest BCUT2D eigenvalue weighted by molar-refractivity contribution is -0.137. The minimum Gasteiger partial charge on any atom is -0.481 e. The fourth-order valence-corrected chi connectivity index (χ4v) is 5.45. The predicted octanol–water partition coefficient (Wildman–Crippen LogP) is 3.33. The van der Waals surface area contributed by atoms with Crippen LogP contribution in [0.2, 0.25) is 0 Å². The predicted molar refractivity (Wildman–Crippen MR) is 83.9 cm³/mol. The number of hydrogen-bond donors (Lipinski definition) is 2. The van der Waals surface area contributed by atoms with E-state index in [2.05, 4.69) is 25.2 Å². The average Bonchev–Trinajstić information content (AvgIpc) is 2.82. The molecule has 0 spiro atoms. The fraction of sp³-hybridized carbons (Fsp3) is 0.778. The van der Waals surface area contributed by atoms with Gasteiger partial charge in [0.15, 0.2) is 0 Å². The Balaban J connectivity index is 1.76. The Morgan fingerprint density at radius 3 is 2.95 bits per heavy atom. The van der Waals surface area contributed by atoms with Gasteiger partial charge in [-0.2, -0.15) is 0 Å². The summed E-state index contributed by atoms with van der Waals surface area (Å²) < 4.78 is 0. The van der Waals surface area contributed by atoms with Gasteiger partial charge >= 0.3 is 5.97 Å². The van der Waals surface area contributed by atoms with E-state index in [1.165, 1.54) is 12.8 Å². The molecule has 0 bridgehead atoms. The molecule has 2 fully saturated rings. The lowest BCUT2D eigenvalue weighted by atomic mass is 9.59. The molecule has 2 N–H and O–H groups in total. The molecule has 122 valence electrons. The highest BCUT2D eigenvalue weighted by Crippen LogP contribution is 2.60. The van der Waals surface area contributed by atoms with E-state index < -0.39 is 5.97 Å². The van der Waals surface area contributed by atoms with Crippen molar-refractivity contribution in [3.63, 3.8) is 0 Å². The molecule has 4 nitrogen and oxygen atoms in total. The third kappa shape index (κ3) is 2.57. The molecule has 0 aromatic carbocycles. The molecule has 1 saturated carbocycles. The number of rotatable bonds is 4. The average molecular weight is 305 g/mol. The maximum absolute atomic E-state index is 11.6. The summed E-state index contributed by atoms with van der Waals surface area (Å²) in [5, 5.41) is 12.0. The maximum Gasteiger partial charge on any atom is 0.303 e. The third-order valence-electron chi connectivity index (χ3n) is 6.60. The smallest absolute Gasteiger partial charge is 0.303 e. The maximum atomic E-state index is 11.6. The zero-order valence-corrected chi connectivity index (χ0v) is 13.6. The molecule has 2 aliphatic carbocycles. The van der Waals surface area contributed by atoms with Crippen molar-refractivity contribution in [1.82, 2.24) is 5.32 Å². The summed E-state index contributed by atoms with van der Waals surface area (Å²) in [5.74, 6) is 1.69. The van der Waals surface area contributed by atoms with E-state index in [1.54, 1.807) is 0 Å². The van der Waals surface area contributed by atoms with Gasteiger partial charge in [-0.3, -0.25) is 9.59 Å². The molecule has 5 atom stereocenters. The van der Waals surface area contributed by atoms with Gasteiger partial charge in [0, 0.05) is 24.5 Å². The van der Waals surface area contributed by atoms with Gasteiger partial charge < -0.3 is 10.4 Å². The van der Waals surface area contributed by atoms with Gasteiger partial charge in [-0.25, -0.2) is 0 Å². The minimum atomic E-state index is -0.688. The third-order valence-corrected chi connectivity index (χ3v) is 6.60. The van der Waals surface area contributed by atoms with E-state index in [1.807, 2.05) is 0 Å². The highest BCUT2D eigenvalue weighted by Gasteiger charge is 2.53. The molecule has 0 aromatic heterocycles. The van der Waals surface area contributed by atoms with Crippen molar-refractivity contribution in [1.29, 1.82) is 0 Å². The zero-order chi connectivity index (χ0) is 15.9. The minimum absolute atomic E-state index is 0.162. The SMILES string of the molecule is C[C@H](CCC(=O)O)[C@@H]1CCC2C3CCC(=O)NC3=CC[C@]21C. The lowest BCUT2D eigenvalue weighted by Crippen LogP contribution is -2.45. The number of carbonyl (C=O) groups is 2. The number of allylic oxidation sites excluding steroid dienone is 2. The van der Waals surface area contributed by atoms with E-state index in [-0.39, 0.29) is 17.7 Å². The number of carboxylic acids is 1. The zero-order valence-electron chi connectivity index (χ0n) is 13.6. The second kappa shape index (κ2) is 5.71. The van der Waals surface area contributed by atoms with Crippen LogP contribution in [0.3, 0.4) is 0 Å². The molecule has 3 aliphatic rings. The number of fused-ring (bicyclic) bond motifs is 3. The molecular formula is C18H27NO3. The Labute approximate surface area is 132 Å². The van der Waals surface area contributed by atoms with Gasteiger partial charge in [0.25, 0.3) is 0 Å². The number of aliphatic carboxylic acids is 1. The van der Waals surface area contributed by atoms with Gasteiger partial charge in [-0.1, -0.05) is 19.9 Å². The first-order valence-corrected chi connectivity index (χ1v) is 8.63. The van der Waals surface area contributed by atoms with E-state index in [9.17, 15) is 9.59 Å². The summed E-state index contributed by atoms with van der Waals surface area (Å²) in [6.07, 6.45) is 8.37. The highest BCUT2D eigenvalue weighted by molar-refractivity contribution is 5.79. The van der Waals surface area contributed by atoms with Crippen LogP contribution in [0.1, 0.15) is 58.8 Å². The fourth-order valence-electron chi connectivity index (χ4n) is 5.45. The van der Waals surface area contributed by atoms with Crippen LogP contribution in [-0.2, 0) is 9.59 Å². The van der Waals surface area contributed by atoms with Crippen molar-refractivity contribution >= 4 is 11.9 Å². The molecule has 4 heteroatoms. The standard InChI is InChI=1S/C18H27NO3/c1-11(3-8-17(21)22)13-5-6-14-12-4-7-16(20)19-15(12)9-10-18(13,14)2/h9,11-14H,3-8,10H2,1-2H3,(H,19,20)(H,21,22)/t11-,12?,13+,14?,18+/m1/s1. The molecule has 2 unspecified atom stereocenters. The molecule has 1 amide bonds. The first-order chi connectivity index (χ1) is 10.4. The van der Waals surface area contributed by atoms with Gasteiger partial charge in [-0.05, 0) is 55.3 Å². The summed E-state index contributed by atoms with van der Waals surface area (Å²) >= 11 is 0. The first kappa shape index (κ1) is 15.6. The number of nitrogens with one attached hydrogen (secondary N) is 1. The molecule has 1 heterocycles. The van der Waals surface area contributed by atoms with Gasteiger partial charge in [0.1, 0.15) is 0 Å². The number of carboxylic acid groups (broad SMARTS) is 1. The van der Waals surface area contributed by atoms with Gasteiger partial charge in [-0.15, -0.1) is 0 Å².